The number of benzene rings is 2. The fourth-order valence-electron chi connectivity index (χ4n) is 3.70. The lowest BCUT2D eigenvalue weighted by atomic mass is 9.97. The lowest BCUT2D eigenvalue weighted by Crippen LogP contribution is -2.25. The molecule has 5 nitrogen and oxygen atoms in total. The van der Waals surface area contributed by atoms with Gasteiger partial charge in [0, 0.05) is 28.6 Å². The number of aryl methyl sites for hydroxylation is 1. The Morgan fingerprint density at radius 3 is 2.86 bits per heavy atom. The molecule has 0 unspecified atom stereocenters. The summed E-state index contributed by atoms with van der Waals surface area (Å²) in [5.74, 6) is 0.766. The van der Waals surface area contributed by atoms with Gasteiger partial charge in [0.05, 0.1) is 12.6 Å². The molecule has 1 aliphatic rings. The molecule has 0 radical (unpaired) electrons. The van der Waals surface area contributed by atoms with E-state index in [4.69, 9.17) is 4.74 Å². The number of ether oxygens (including phenoxy) is 1. The quantitative estimate of drug-likeness (QED) is 0.551. The van der Waals surface area contributed by atoms with Gasteiger partial charge in [-0.15, -0.1) is 0 Å². The minimum Gasteiger partial charge on any atom is -0.495 e. The van der Waals surface area contributed by atoms with Gasteiger partial charge in [-0.3, -0.25) is 4.79 Å². The van der Waals surface area contributed by atoms with Gasteiger partial charge in [0.2, 0.25) is 0 Å². The van der Waals surface area contributed by atoms with E-state index in [-0.39, 0.29) is 5.91 Å². The first-order valence-electron chi connectivity index (χ1n) is 9.50. The molecule has 2 aromatic carbocycles. The van der Waals surface area contributed by atoms with Gasteiger partial charge in [-0.1, -0.05) is 12.1 Å². The largest absolute Gasteiger partial charge is 0.495 e. The van der Waals surface area contributed by atoms with Crippen LogP contribution in [0.25, 0.3) is 33.1 Å². The molecule has 4 aromatic rings. The van der Waals surface area contributed by atoms with Crippen LogP contribution in [0.4, 0.5) is 0 Å². The summed E-state index contributed by atoms with van der Waals surface area (Å²) in [7, 11) is 1.67. The first kappa shape index (κ1) is 16.8. The minimum absolute atomic E-state index is 0.00876. The van der Waals surface area contributed by atoms with Crippen molar-refractivity contribution in [2.75, 3.05) is 7.11 Å². The van der Waals surface area contributed by atoms with E-state index in [9.17, 15) is 4.79 Å². The molecule has 0 atom stereocenters. The Bertz CT molecular complexity index is 1220. The molecule has 0 aliphatic heterocycles. The molecule has 0 spiro atoms. The molecule has 1 amide bonds. The van der Waals surface area contributed by atoms with Gasteiger partial charge in [0.1, 0.15) is 11.4 Å². The van der Waals surface area contributed by atoms with Gasteiger partial charge in [-0.05, 0) is 66.8 Å². The second kappa shape index (κ2) is 6.37. The molecule has 5 rings (SSSR count). The molecular weight excluding hydrogens is 350 g/mol. The number of aromatic nitrogens is 2. The lowest BCUT2D eigenvalue weighted by molar-refractivity contribution is 0.0951. The van der Waals surface area contributed by atoms with Gasteiger partial charge >= 0.3 is 0 Å². The maximum atomic E-state index is 12.5. The summed E-state index contributed by atoms with van der Waals surface area (Å²) in [4.78, 5) is 20.4. The fourth-order valence-corrected chi connectivity index (χ4v) is 3.70. The van der Waals surface area contributed by atoms with Crippen molar-refractivity contribution in [2.45, 2.75) is 25.8 Å². The molecule has 28 heavy (non-hydrogen) atoms. The Morgan fingerprint density at radius 2 is 2.07 bits per heavy atom. The Labute approximate surface area is 162 Å². The zero-order valence-electron chi connectivity index (χ0n) is 15.9. The molecule has 1 saturated carbocycles. The van der Waals surface area contributed by atoms with Crippen LogP contribution in [0.1, 0.15) is 28.8 Å². The molecule has 2 heterocycles. The minimum atomic E-state index is -0.00876. The predicted octanol–water partition coefficient (Wildman–Crippen LogP) is 4.59. The third-order valence-corrected chi connectivity index (χ3v) is 5.27. The van der Waals surface area contributed by atoms with Crippen LogP contribution in [0.5, 0.6) is 5.75 Å². The normalized spacial score (nSPS) is 13.8. The number of amides is 1. The van der Waals surface area contributed by atoms with Gasteiger partial charge in [-0.25, -0.2) is 4.98 Å². The monoisotopic (exact) mass is 371 g/mol. The van der Waals surface area contributed by atoms with E-state index in [0.29, 0.717) is 11.6 Å². The summed E-state index contributed by atoms with van der Waals surface area (Å²) in [5, 5.41) is 5.17. The maximum Gasteiger partial charge on any atom is 0.251 e. The van der Waals surface area contributed by atoms with E-state index in [1.165, 1.54) is 0 Å². The van der Waals surface area contributed by atoms with Crippen molar-refractivity contribution in [3.8, 4) is 16.9 Å². The van der Waals surface area contributed by atoms with Crippen LogP contribution in [0.15, 0.2) is 48.7 Å². The van der Waals surface area contributed by atoms with E-state index in [1.807, 2.05) is 43.5 Å². The number of nitrogens with zero attached hydrogens (tertiary/aromatic N) is 1. The topological polar surface area (TPSA) is 67.0 Å². The first-order valence-corrected chi connectivity index (χ1v) is 9.50. The van der Waals surface area contributed by atoms with Crippen molar-refractivity contribution >= 4 is 27.8 Å². The van der Waals surface area contributed by atoms with Crippen LogP contribution in [0, 0.1) is 6.92 Å². The van der Waals surface area contributed by atoms with Crippen LogP contribution in [-0.4, -0.2) is 29.0 Å². The molecule has 2 aromatic heterocycles. The van der Waals surface area contributed by atoms with Crippen molar-refractivity contribution in [2.24, 2.45) is 0 Å². The Kier molecular flexibility index (Phi) is 3.83. The van der Waals surface area contributed by atoms with Crippen LogP contribution < -0.4 is 10.1 Å². The smallest absolute Gasteiger partial charge is 0.251 e. The lowest BCUT2D eigenvalue weighted by Gasteiger charge is -2.10. The molecule has 140 valence electrons. The van der Waals surface area contributed by atoms with Crippen molar-refractivity contribution in [1.82, 2.24) is 15.3 Å². The zero-order chi connectivity index (χ0) is 19.3. The third kappa shape index (κ3) is 2.80. The van der Waals surface area contributed by atoms with E-state index >= 15 is 0 Å². The Balaban J connectivity index is 1.71. The zero-order valence-corrected chi connectivity index (χ0v) is 15.9. The predicted molar refractivity (Wildman–Crippen MR) is 111 cm³/mol. The number of hydrogen-bond acceptors (Lipinski definition) is 3. The molecule has 1 fully saturated rings. The summed E-state index contributed by atoms with van der Waals surface area (Å²) in [5.41, 5.74) is 5.58. The molecule has 1 aliphatic carbocycles. The van der Waals surface area contributed by atoms with Crippen LogP contribution in [-0.2, 0) is 0 Å². The standard InChI is InChI=1S/C23H21N3O2/c1-13-10-18-20-17(8-9-19(28-2)21(20)26-22(18)24-12-13)14-4-3-5-15(11-14)23(27)25-16-6-7-16/h3-5,8-12,16H,6-7H2,1-2H3,(H,24,26)(H,25,27). The number of carbonyl (C=O) groups excluding carboxylic acids is 1. The van der Waals surface area contributed by atoms with Crippen LogP contribution in [0.2, 0.25) is 0 Å². The van der Waals surface area contributed by atoms with Crippen LogP contribution >= 0.6 is 0 Å². The van der Waals surface area contributed by atoms with E-state index < -0.39 is 0 Å². The molecule has 2 N–H and O–H groups in total. The summed E-state index contributed by atoms with van der Waals surface area (Å²) >= 11 is 0. The highest BCUT2D eigenvalue weighted by Gasteiger charge is 2.24. The maximum absolute atomic E-state index is 12.5. The summed E-state index contributed by atoms with van der Waals surface area (Å²) in [6.07, 6.45) is 4.01. The number of carbonyl (C=O) groups is 1. The average Bonchev–Trinajstić information content (AvgIpc) is 3.45. The van der Waals surface area contributed by atoms with Gasteiger partial charge in [-0.2, -0.15) is 0 Å². The fraction of sp³-hybridized carbons (Fsp3) is 0.217. The number of rotatable bonds is 4. The second-order valence-electron chi connectivity index (χ2n) is 7.43. The highest BCUT2D eigenvalue weighted by Crippen LogP contribution is 2.39. The summed E-state index contributed by atoms with van der Waals surface area (Å²) in [6.45, 7) is 2.04. The Hall–Kier alpha value is -3.34. The number of H-pyrrole nitrogens is 1. The highest BCUT2D eigenvalue weighted by molar-refractivity contribution is 6.15. The summed E-state index contributed by atoms with van der Waals surface area (Å²) < 4.78 is 5.57. The van der Waals surface area contributed by atoms with E-state index in [1.54, 1.807) is 7.11 Å². The number of aromatic amines is 1. The number of hydrogen-bond donors (Lipinski definition) is 2. The first-order chi connectivity index (χ1) is 13.6. The molecule has 5 heteroatoms. The number of fused-ring (bicyclic) bond motifs is 3. The van der Waals surface area contributed by atoms with Gasteiger partial charge < -0.3 is 15.0 Å². The number of nitrogens with one attached hydrogen (secondary N) is 2. The number of pyridine rings is 1. The van der Waals surface area contributed by atoms with Gasteiger partial charge in [0.15, 0.2) is 0 Å². The van der Waals surface area contributed by atoms with Gasteiger partial charge in [0.25, 0.3) is 5.91 Å². The van der Waals surface area contributed by atoms with Crippen molar-refractivity contribution in [3.63, 3.8) is 0 Å². The van der Waals surface area contributed by atoms with E-state index in [2.05, 4.69) is 27.4 Å². The van der Waals surface area contributed by atoms with E-state index in [0.717, 1.165) is 57.2 Å². The average molecular weight is 371 g/mol. The highest BCUT2D eigenvalue weighted by atomic mass is 16.5. The van der Waals surface area contributed by atoms with Crippen molar-refractivity contribution in [1.29, 1.82) is 0 Å². The SMILES string of the molecule is COc1ccc(-c2cccc(C(=O)NC3CC3)c2)c2c1[nH]c1ncc(C)cc12. The molecular formula is C23H21N3O2. The van der Waals surface area contributed by atoms with Crippen molar-refractivity contribution in [3.05, 3.63) is 59.8 Å². The van der Waals surface area contributed by atoms with Crippen LogP contribution in [0.3, 0.4) is 0 Å². The molecule has 0 saturated heterocycles. The second-order valence-corrected chi connectivity index (χ2v) is 7.43. The summed E-state index contributed by atoms with van der Waals surface area (Å²) in [6, 6.07) is 14.3. The molecule has 0 bridgehead atoms. The van der Waals surface area contributed by atoms with Crippen molar-refractivity contribution < 1.29 is 9.53 Å². The third-order valence-electron chi connectivity index (χ3n) is 5.27. The Morgan fingerprint density at radius 1 is 1.21 bits per heavy atom. The number of methoxy groups -OCH3 is 1.